The van der Waals surface area contributed by atoms with Crippen molar-refractivity contribution in [2.24, 2.45) is 0 Å². The zero-order valence-electron chi connectivity index (χ0n) is 13.5. The number of ether oxygens (including phenoxy) is 1. The molecule has 0 N–H and O–H groups in total. The molecule has 1 aromatic carbocycles. The van der Waals surface area contributed by atoms with E-state index in [9.17, 15) is 18.4 Å². The Hall–Kier alpha value is -3.08. The average Bonchev–Trinajstić information content (AvgIpc) is 2.89. The normalized spacial score (nSPS) is 11.5. The second-order valence-electron chi connectivity index (χ2n) is 5.59. The van der Waals surface area contributed by atoms with Gasteiger partial charge in [0.05, 0.1) is 11.1 Å². The minimum absolute atomic E-state index is 0.199. The number of hydrogen-bond donors (Lipinski definition) is 0. The number of rotatable bonds is 3. The van der Waals surface area contributed by atoms with E-state index in [1.54, 1.807) is 48.9 Å². The number of aryl methyl sites for hydroxylation is 2. The molecule has 2 heterocycles. The predicted molar refractivity (Wildman–Crippen MR) is 82.6 cm³/mol. The number of hydrogen-bond acceptors (Lipinski definition) is 3. The Kier molecular flexibility index (Phi) is 4.08. The predicted octanol–water partition coefficient (Wildman–Crippen LogP) is 3.22. The monoisotopic (exact) mass is 347 g/mol. The molecule has 0 unspecified atom stereocenters. The summed E-state index contributed by atoms with van der Waals surface area (Å²) in [4.78, 5) is 0. The van der Waals surface area contributed by atoms with Crippen LogP contribution in [-0.2, 0) is 6.67 Å². The summed E-state index contributed by atoms with van der Waals surface area (Å²) in [6.45, 7) is 3.77. The van der Waals surface area contributed by atoms with Gasteiger partial charge in [0.2, 0.25) is 12.2 Å². The van der Waals surface area contributed by atoms with Crippen molar-refractivity contribution in [1.29, 1.82) is 5.26 Å². The summed E-state index contributed by atoms with van der Waals surface area (Å²) in [5, 5.41) is 13.8. The van der Waals surface area contributed by atoms with Gasteiger partial charge < -0.3 is 4.74 Å². The van der Waals surface area contributed by atoms with Gasteiger partial charge in [0.1, 0.15) is 17.5 Å². The SMILES string of the molecule is Cc1cc(C#N)n(C[n+]2cccc3c(OC(F)(F)F)ccc(C)c32)n1. The largest absolute Gasteiger partial charge is 0.573 e. The highest BCUT2D eigenvalue weighted by Gasteiger charge is 2.32. The summed E-state index contributed by atoms with van der Waals surface area (Å²) in [7, 11) is 0. The second-order valence-corrected chi connectivity index (χ2v) is 5.59. The quantitative estimate of drug-likeness (QED) is 0.684. The first-order valence-corrected chi connectivity index (χ1v) is 7.40. The maximum atomic E-state index is 12.6. The fourth-order valence-corrected chi connectivity index (χ4v) is 2.78. The molecule has 128 valence electrons. The molecular formula is C17H14F3N4O+. The molecule has 5 nitrogen and oxygen atoms in total. The second kappa shape index (κ2) is 6.09. The van der Waals surface area contributed by atoms with E-state index in [0.29, 0.717) is 22.3 Å². The number of nitrogens with zero attached hydrogens (tertiary/aromatic N) is 4. The third kappa shape index (κ3) is 3.40. The van der Waals surface area contributed by atoms with Gasteiger partial charge in [-0.25, -0.2) is 0 Å². The van der Waals surface area contributed by atoms with Crippen molar-refractivity contribution in [3.05, 3.63) is 53.5 Å². The highest BCUT2D eigenvalue weighted by molar-refractivity contribution is 5.85. The van der Waals surface area contributed by atoms with Gasteiger partial charge in [0.25, 0.3) is 0 Å². The molecule has 0 fully saturated rings. The highest BCUT2D eigenvalue weighted by atomic mass is 19.4. The zero-order valence-corrected chi connectivity index (χ0v) is 13.5. The molecule has 0 spiro atoms. The van der Waals surface area contributed by atoms with Crippen molar-refractivity contribution < 1.29 is 22.5 Å². The summed E-state index contributed by atoms with van der Waals surface area (Å²) < 4.78 is 45.3. The van der Waals surface area contributed by atoms with Crippen LogP contribution >= 0.6 is 0 Å². The number of fused-ring (bicyclic) bond motifs is 1. The van der Waals surface area contributed by atoms with Gasteiger partial charge >= 0.3 is 6.36 Å². The van der Waals surface area contributed by atoms with Crippen LogP contribution in [0.4, 0.5) is 13.2 Å². The zero-order chi connectivity index (χ0) is 18.2. The Morgan fingerprint density at radius 1 is 1.28 bits per heavy atom. The molecule has 0 radical (unpaired) electrons. The van der Waals surface area contributed by atoms with Crippen LogP contribution < -0.4 is 9.30 Å². The van der Waals surface area contributed by atoms with Crippen molar-refractivity contribution in [1.82, 2.24) is 9.78 Å². The van der Waals surface area contributed by atoms with E-state index in [1.807, 2.05) is 0 Å². The van der Waals surface area contributed by atoms with Gasteiger partial charge in [0.15, 0.2) is 6.20 Å². The molecule has 0 saturated heterocycles. The first-order valence-electron chi connectivity index (χ1n) is 7.40. The van der Waals surface area contributed by atoms with Gasteiger partial charge in [-0.15, -0.1) is 13.2 Å². The lowest BCUT2D eigenvalue weighted by Crippen LogP contribution is -2.39. The van der Waals surface area contributed by atoms with E-state index in [4.69, 9.17) is 0 Å². The van der Waals surface area contributed by atoms with Crippen LogP contribution in [0.5, 0.6) is 5.75 Å². The van der Waals surface area contributed by atoms with Crippen LogP contribution in [0.2, 0.25) is 0 Å². The van der Waals surface area contributed by atoms with E-state index in [-0.39, 0.29) is 12.4 Å². The average molecular weight is 347 g/mol. The number of benzene rings is 1. The Morgan fingerprint density at radius 3 is 2.72 bits per heavy atom. The number of pyridine rings is 1. The number of alkyl halides is 3. The Bertz CT molecular complexity index is 986. The molecule has 0 aliphatic rings. The van der Waals surface area contributed by atoms with Gasteiger partial charge in [-0.05, 0) is 38.1 Å². The molecule has 2 aromatic heterocycles. The molecular weight excluding hydrogens is 333 g/mol. The number of halogens is 3. The van der Waals surface area contributed by atoms with Gasteiger partial charge in [-0.2, -0.15) is 19.6 Å². The third-order valence-electron chi connectivity index (χ3n) is 3.72. The molecule has 3 aromatic rings. The molecule has 8 heteroatoms. The van der Waals surface area contributed by atoms with Crippen LogP contribution in [0, 0.1) is 25.2 Å². The maximum Gasteiger partial charge on any atom is 0.573 e. The summed E-state index contributed by atoms with van der Waals surface area (Å²) in [6, 6.07) is 9.78. The molecule has 25 heavy (non-hydrogen) atoms. The van der Waals surface area contributed by atoms with Crippen LogP contribution in [0.3, 0.4) is 0 Å². The number of nitriles is 1. The Morgan fingerprint density at radius 2 is 2.04 bits per heavy atom. The van der Waals surface area contributed by atoms with Crippen LogP contribution in [0.25, 0.3) is 10.9 Å². The maximum absolute atomic E-state index is 12.6. The summed E-state index contributed by atoms with van der Waals surface area (Å²) in [5.74, 6) is -0.264. The Balaban J connectivity index is 2.13. The standard InChI is InChI=1S/C17H14F3N4O/c1-11-5-6-15(25-17(18,19)20)14-4-3-7-23(16(11)14)10-24-13(9-21)8-12(2)22-24/h3-8H,10H2,1-2H3/q+1. The summed E-state index contributed by atoms with van der Waals surface area (Å²) in [6.07, 6.45) is -3.04. The topological polar surface area (TPSA) is 54.7 Å². The lowest BCUT2D eigenvalue weighted by molar-refractivity contribution is -0.677. The third-order valence-corrected chi connectivity index (χ3v) is 3.72. The number of aromatic nitrogens is 3. The fourth-order valence-electron chi connectivity index (χ4n) is 2.78. The van der Waals surface area contributed by atoms with E-state index in [1.165, 1.54) is 10.7 Å². The smallest absolute Gasteiger partial charge is 0.405 e. The molecule has 0 saturated carbocycles. The van der Waals surface area contributed by atoms with E-state index < -0.39 is 6.36 Å². The van der Waals surface area contributed by atoms with E-state index in [0.717, 1.165) is 5.56 Å². The molecule has 0 aliphatic heterocycles. The molecule has 0 bridgehead atoms. The van der Waals surface area contributed by atoms with Gasteiger partial charge in [0, 0.05) is 11.6 Å². The van der Waals surface area contributed by atoms with Crippen molar-refractivity contribution >= 4 is 10.9 Å². The van der Waals surface area contributed by atoms with Crippen LogP contribution in [0.15, 0.2) is 36.5 Å². The van der Waals surface area contributed by atoms with Crippen LogP contribution in [0.1, 0.15) is 17.0 Å². The Labute approximate surface area is 141 Å². The van der Waals surface area contributed by atoms with Crippen molar-refractivity contribution in [3.63, 3.8) is 0 Å². The lowest BCUT2D eigenvalue weighted by atomic mass is 10.1. The van der Waals surface area contributed by atoms with Crippen LogP contribution in [-0.4, -0.2) is 16.1 Å². The molecule has 0 amide bonds. The lowest BCUT2D eigenvalue weighted by Gasteiger charge is -2.12. The molecule has 0 aliphatic carbocycles. The minimum atomic E-state index is -4.77. The fraction of sp³-hybridized carbons (Fsp3) is 0.235. The highest BCUT2D eigenvalue weighted by Crippen LogP contribution is 2.30. The first kappa shape index (κ1) is 16.8. The first-order chi connectivity index (χ1) is 11.8. The van der Waals surface area contributed by atoms with Crippen molar-refractivity contribution in [2.75, 3.05) is 0 Å². The van der Waals surface area contributed by atoms with Crippen molar-refractivity contribution in [2.45, 2.75) is 26.9 Å². The van der Waals surface area contributed by atoms with Crippen molar-refractivity contribution in [3.8, 4) is 11.8 Å². The minimum Gasteiger partial charge on any atom is -0.405 e. The van der Waals surface area contributed by atoms with Gasteiger partial charge in [-0.3, -0.25) is 0 Å². The van der Waals surface area contributed by atoms with E-state index >= 15 is 0 Å². The van der Waals surface area contributed by atoms with Gasteiger partial charge in [-0.1, -0.05) is 0 Å². The molecule has 0 atom stereocenters. The summed E-state index contributed by atoms with van der Waals surface area (Å²) >= 11 is 0. The van der Waals surface area contributed by atoms with E-state index in [2.05, 4.69) is 15.9 Å². The summed E-state index contributed by atoms with van der Waals surface area (Å²) in [5.41, 5.74) is 2.44. The molecule has 3 rings (SSSR count).